The summed E-state index contributed by atoms with van der Waals surface area (Å²) in [5.41, 5.74) is 2.36. The van der Waals surface area contributed by atoms with E-state index in [1.165, 1.54) is 5.56 Å². The summed E-state index contributed by atoms with van der Waals surface area (Å²) >= 11 is 5.96. The van der Waals surface area contributed by atoms with E-state index in [4.69, 9.17) is 11.6 Å². The summed E-state index contributed by atoms with van der Waals surface area (Å²) in [6.07, 6.45) is 3.97. The summed E-state index contributed by atoms with van der Waals surface area (Å²) in [5, 5.41) is 8.49. The van der Waals surface area contributed by atoms with Crippen molar-refractivity contribution < 1.29 is 0 Å². The van der Waals surface area contributed by atoms with E-state index >= 15 is 0 Å². The first kappa shape index (κ1) is 13.1. The van der Waals surface area contributed by atoms with Gasteiger partial charge in [0.15, 0.2) is 0 Å². The maximum atomic E-state index is 5.96. The molecule has 3 nitrogen and oxygen atoms in total. The quantitative estimate of drug-likeness (QED) is 0.899. The highest BCUT2D eigenvalue weighted by molar-refractivity contribution is 6.30. The average Bonchev–Trinajstić information content (AvgIpc) is 2.74. The summed E-state index contributed by atoms with van der Waals surface area (Å²) in [4.78, 5) is 0. The summed E-state index contributed by atoms with van der Waals surface area (Å²) in [6, 6.07) is 8.35. The van der Waals surface area contributed by atoms with Gasteiger partial charge in [0.05, 0.1) is 12.7 Å². The molecule has 0 aliphatic carbocycles. The lowest BCUT2D eigenvalue weighted by molar-refractivity contribution is 0.588. The van der Waals surface area contributed by atoms with Crippen molar-refractivity contribution in [3.05, 3.63) is 52.8 Å². The molecule has 0 saturated carbocycles. The number of hydrogen-bond acceptors (Lipinski definition) is 2. The van der Waals surface area contributed by atoms with Crippen LogP contribution in [0, 0.1) is 0 Å². The second-order valence-corrected chi connectivity index (χ2v) is 5.15. The smallest absolute Gasteiger partial charge is 0.0660 e. The molecule has 0 radical (unpaired) electrons. The molecule has 0 amide bonds. The summed E-state index contributed by atoms with van der Waals surface area (Å²) in [6.45, 7) is 5.88. The first-order valence-corrected chi connectivity index (χ1v) is 6.50. The molecule has 0 atom stereocenters. The number of benzene rings is 1. The van der Waals surface area contributed by atoms with Crippen molar-refractivity contribution in [2.45, 2.75) is 33.0 Å². The van der Waals surface area contributed by atoms with Crippen LogP contribution < -0.4 is 5.32 Å². The van der Waals surface area contributed by atoms with Crippen LogP contribution in [-0.4, -0.2) is 15.8 Å². The Morgan fingerprint density at radius 3 is 2.89 bits per heavy atom. The van der Waals surface area contributed by atoms with E-state index < -0.39 is 0 Å². The van der Waals surface area contributed by atoms with Crippen molar-refractivity contribution in [2.24, 2.45) is 0 Å². The highest BCUT2D eigenvalue weighted by atomic mass is 35.5. The van der Waals surface area contributed by atoms with E-state index in [2.05, 4.69) is 36.5 Å². The fourth-order valence-electron chi connectivity index (χ4n) is 1.73. The molecule has 0 unspecified atom stereocenters. The van der Waals surface area contributed by atoms with E-state index in [1.54, 1.807) is 0 Å². The van der Waals surface area contributed by atoms with E-state index in [1.807, 2.05) is 29.1 Å². The van der Waals surface area contributed by atoms with E-state index in [0.29, 0.717) is 6.04 Å². The Kier molecular flexibility index (Phi) is 4.39. The van der Waals surface area contributed by atoms with E-state index in [-0.39, 0.29) is 0 Å². The number of hydrogen-bond donors (Lipinski definition) is 1. The van der Waals surface area contributed by atoms with Gasteiger partial charge in [-0.3, -0.25) is 4.68 Å². The third-order valence-electron chi connectivity index (χ3n) is 2.63. The molecule has 1 aromatic carbocycles. The molecule has 1 N–H and O–H groups in total. The van der Waals surface area contributed by atoms with Gasteiger partial charge in [-0.25, -0.2) is 0 Å². The molecule has 0 spiro atoms. The van der Waals surface area contributed by atoms with Gasteiger partial charge in [-0.05, 0) is 17.7 Å². The molecular formula is C14H18ClN3. The van der Waals surface area contributed by atoms with Crippen LogP contribution in [0.3, 0.4) is 0 Å². The minimum absolute atomic E-state index is 0.487. The Bertz CT molecular complexity index is 505. The number of aromatic nitrogens is 2. The Labute approximate surface area is 113 Å². The van der Waals surface area contributed by atoms with Gasteiger partial charge < -0.3 is 5.32 Å². The van der Waals surface area contributed by atoms with E-state index in [9.17, 15) is 0 Å². The molecule has 0 saturated heterocycles. The summed E-state index contributed by atoms with van der Waals surface area (Å²) < 4.78 is 1.93. The molecule has 1 heterocycles. The third kappa shape index (κ3) is 3.86. The van der Waals surface area contributed by atoms with Crippen LogP contribution in [0.4, 0.5) is 0 Å². The molecular weight excluding hydrogens is 246 g/mol. The maximum absolute atomic E-state index is 5.96. The second-order valence-electron chi connectivity index (χ2n) is 4.71. The van der Waals surface area contributed by atoms with Crippen LogP contribution in [0.25, 0.3) is 0 Å². The SMILES string of the molecule is CC(C)NCc1cnn(Cc2cccc(Cl)c2)c1. The van der Waals surface area contributed by atoms with Gasteiger partial charge in [0.2, 0.25) is 0 Å². The van der Waals surface area contributed by atoms with Crippen molar-refractivity contribution in [3.63, 3.8) is 0 Å². The van der Waals surface area contributed by atoms with Crippen molar-refractivity contribution in [1.82, 2.24) is 15.1 Å². The number of rotatable bonds is 5. The van der Waals surface area contributed by atoms with Crippen LogP contribution in [0.2, 0.25) is 5.02 Å². The molecule has 0 aliphatic rings. The monoisotopic (exact) mass is 263 g/mol. The molecule has 0 fully saturated rings. The molecule has 2 rings (SSSR count). The first-order chi connectivity index (χ1) is 8.63. The molecule has 2 aromatic rings. The van der Waals surface area contributed by atoms with Gasteiger partial charge in [-0.15, -0.1) is 0 Å². The van der Waals surface area contributed by atoms with Crippen molar-refractivity contribution >= 4 is 11.6 Å². The molecule has 4 heteroatoms. The zero-order valence-electron chi connectivity index (χ0n) is 10.7. The Hall–Kier alpha value is -1.32. The van der Waals surface area contributed by atoms with Crippen LogP contribution >= 0.6 is 11.6 Å². The molecule has 18 heavy (non-hydrogen) atoms. The van der Waals surface area contributed by atoms with Gasteiger partial charge in [0.1, 0.15) is 0 Å². The Morgan fingerprint density at radius 2 is 2.17 bits per heavy atom. The van der Waals surface area contributed by atoms with Gasteiger partial charge in [-0.1, -0.05) is 37.6 Å². The standard InChI is InChI=1S/C14H18ClN3/c1-11(2)16-7-13-8-17-18(10-13)9-12-4-3-5-14(15)6-12/h3-6,8,10-11,16H,7,9H2,1-2H3. The predicted octanol–water partition coefficient (Wildman–Crippen LogP) is 3.08. The van der Waals surface area contributed by atoms with Crippen LogP contribution in [0.15, 0.2) is 36.7 Å². The predicted molar refractivity (Wildman–Crippen MR) is 74.8 cm³/mol. The molecule has 0 aliphatic heterocycles. The molecule has 96 valence electrons. The first-order valence-electron chi connectivity index (χ1n) is 6.12. The van der Waals surface area contributed by atoms with Gasteiger partial charge in [-0.2, -0.15) is 5.10 Å². The number of nitrogens with zero attached hydrogens (tertiary/aromatic N) is 2. The van der Waals surface area contributed by atoms with Crippen LogP contribution in [0.5, 0.6) is 0 Å². The van der Waals surface area contributed by atoms with Crippen LogP contribution in [-0.2, 0) is 13.1 Å². The number of halogens is 1. The zero-order valence-corrected chi connectivity index (χ0v) is 11.5. The highest BCUT2D eigenvalue weighted by Crippen LogP contribution is 2.12. The van der Waals surface area contributed by atoms with E-state index in [0.717, 1.165) is 23.7 Å². The number of nitrogens with one attached hydrogen (secondary N) is 1. The lowest BCUT2D eigenvalue weighted by Crippen LogP contribution is -2.21. The summed E-state index contributed by atoms with van der Waals surface area (Å²) in [5.74, 6) is 0. The molecule has 0 bridgehead atoms. The van der Waals surface area contributed by atoms with Gasteiger partial charge >= 0.3 is 0 Å². The fraction of sp³-hybridized carbons (Fsp3) is 0.357. The third-order valence-corrected chi connectivity index (χ3v) is 2.87. The Balaban J connectivity index is 1.98. The van der Waals surface area contributed by atoms with Crippen molar-refractivity contribution in [2.75, 3.05) is 0 Å². The fourth-order valence-corrected chi connectivity index (χ4v) is 1.94. The minimum Gasteiger partial charge on any atom is -0.310 e. The average molecular weight is 264 g/mol. The summed E-state index contributed by atoms with van der Waals surface area (Å²) in [7, 11) is 0. The Morgan fingerprint density at radius 1 is 1.33 bits per heavy atom. The minimum atomic E-state index is 0.487. The highest BCUT2D eigenvalue weighted by Gasteiger charge is 2.01. The van der Waals surface area contributed by atoms with Crippen LogP contribution in [0.1, 0.15) is 25.0 Å². The maximum Gasteiger partial charge on any atom is 0.0660 e. The lowest BCUT2D eigenvalue weighted by atomic mass is 10.2. The topological polar surface area (TPSA) is 29.9 Å². The normalized spacial score (nSPS) is 11.1. The van der Waals surface area contributed by atoms with Crippen molar-refractivity contribution in [3.8, 4) is 0 Å². The van der Waals surface area contributed by atoms with Gasteiger partial charge in [0, 0.05) is 29.4 Å². The molecule has 1 aromatic heterocycles. The second kappa shape index (κ2) is 6.03. The lowest BCUT2D eigenvalue weighted by Gasteiger charge is -2.05. The van der Waals surface area contributed by atoms with Gasteiger partial charge in [0.25, 0.3) is 0 Å². The zero-order chi connectivity index (χ0) is 13.0. The van der Waals surface area contributed by atoms with Crippen molar-refractivity contribution in [1.29, 1.82) is 0 Å². The largest absolute Gasteiger partial charge is 0.310 e.